The largest absolute Gasteiger partial charge is 0.493 e. The molecule has 0 spiro atoms. The molecule has 9 nitrogen and oxygen atoms in total. The molecule has 1 amide bonds. The van der Waals surface area contributed by atoms with Crippen molar-refractivity contribution in [3.05, 3.63) is 57.6 Å². The second-order valence-electron chi connectivity index (χ2n) is 6.24. The van der Waals surface area contributed by atoms with Crippen LogP contribution in [0.25, 0.3) is 11.4 Å². The Morgan fingerprint density at radius 3 is 2.74 bits per heavy atom. The topological polar surface area (TPSA) is 112 Å². The Morgan fingerprint density at radius 1 is 1.26 bits per heavy atom. The van der Waals surface area contributed by atoms with Crippen molar-refractivity contribution >= 4 is 40.6 Å². The Kier molecular flexibility index (Phi) is 7.48. The van der Waals surface area contributed by atoms with Gasteiger partial charge in [-0.05, 0) is 32.0 Å². The second kappa shape index (κ2) is 10.3. The number of nitro benzene ring substituents is 1. The third-order valence-electron chi connectivity index (χ3n) is 4.23. The summed E-state index contributed by atoms with van der Waals surface area (Å²) >= 11 is 7.25. The predicted octanol–water partition coefficient (Wildman–Crippen LogP) is 4.66. The van der Waals surface area contributed by atoms with E-state index in [1.165, 1.54) is 30.0 Å². The molecule has 0 saturated carbocycles. The van der Waals surface area contributed by atoms with Gasteiger partial charge in [-0.15, -0.1) is 10.2 Å². The lowest BCUT2D eigenvalue weighted by Crippen LogP contribution is -2.15. The number of aromatic nitrogens is 3. The lowest BCUT2D eigenvalue weighted by molar-refractivity contribution is -0.384. The lowest BCUT2D eigenvalue weighted by atomic mass is 10.2. The number of non-ortho nitro benzene ring substituents is 1. The molecule has 0 aliphatic carbocycles. The Balaban J connectivity index is 1.74. The first-order chi connectivity index (χ1) is 14.9. The molecule has 0 aliphatic heterocycles. The van der Waals surface area contributed by atoms with Crippen molar-refractivity contribution in [2.75, 3.05) is 17.7 Å². The number of para-hydroxylation sites is 1. The number of carbonyl (C=O) groups is 1. The van der Waals surface area contributed by atoms with Crippen LogP contribution in [0.4, 0.5) is 11.4 Å². The molecule has 31 heavy (non-hydrogen) atoms. The van der Waals surface area contributed by atoms with Gasteiger partial charge in [-0.3, -0.25) is 14.9 Å². The van der Waals surface area contributed by atoms with Crippen molar-refractivity contribution in [2.24, 2.45) is 0 Å². The highest BCUT2D eigenvalue weighted by Crippen LogP contribution is 2.31. The molecule has 0 radical (unpaired) electrons. The Morgan fingerprint density at radius 2 is 2.03 bits per heavy atom. The Bertz CT molecular complexity index is 1100. The minimum atomic E-state index is -0.550. The van der Waals surface area contributed by atoms with Gasteiger partial charge in [-0.1, -0.05) is 35.5 Å². The van der Waals surface area contributed by atoms with E-state index in [2.05, 4.69) is 15.5 Å². The number of hydrogen-bond acceptors (Lipinski definition) is 7. The fourth-order valence-electron chi connectivity index (χ4n) is 2.85. The summed E-state index contributed by atoms with van der Waals surface area (Å²) in [5.41, 5.74) is 0.846. The summed E-state index contributed by atoms with van der Waals surface area (Å²) in [5.74, 6) is 1.02. The van der Waals surface area contributed by atoms with E-state index in [4.69, 9.17) is 16.3 Å². The maximum atomic E-state index is 12.4. The summed E-state index contributed by atoms with van der Waals surface area (Å²) in [4.78, 5) is 22.8. The molecule has 1 N–H and O–H groups in total. The van der Waals surface area contributed by atoms with Gasteiger partial charge < -0.3 is 14.6 Å². The van der Waals surface area contributed by atoms with Crippen molar-refractivity contribution in [3.63, 3.8) is 0 Å². The van der Waals surface area contributed by atoms with Crippen LogP contribution in [0, 0.1) is 10.1 Å². The highest BCUT2D eigenvalue weighted by molar-refractivity contribution is 7.99. The summed E-state index contributed by atoms with van der Waals surface area (Å²) in [6.45, 7) is 5.00. The first-order valence-corrected chi connectivity index (χ1v) is 10.8. The van der Waals surface area contributed by atoms with Crippen molar-refractivity contribution in [3.8, 4) is 17.1 Å². The zero-order valence-corrected chi connectivity index (χ0v) is 18.4. The van der Waals surface area contributed by atoms with Crippen LogP contribution in [0.1, 0.15) is 13.8 Å². The molecule has 0 saturated heterocycles. The third-order valence-corrected chi connectivity index (χ3v) is 5.52. The first kappa shape index (κ1) is 22.6. The molecule has 0 atom stereocenters. The highest BCUT2D eigenvalue weighted by atomic mass is 35.5. The molecule has 1 heterocycles. The van der Waals surface area contributed by atoms with Gasteiger partial charge in [0.15, 0.2) is 11.0 Å². The van der Waals surface area contributed by atoms with Gasteiger partial charge in [0, 0.05) is 18.7 Å². The number of amides is 1. The third kappa shape index (κ3) is 5.33. The molecule has 0 bridgehead atoms. The van der Waals surface area contributed by atoms with E-state index >= 15 is 0 Å². The molecule has 11 heteroatoms. The Hall–Kier alpha value is -3.11. The maximum Gasteiger partial charge on any atom is 0.271 e. The van der Waals surface area contributed by atoms with Gasteiger partial charge in [0.25, 0.3) is 5.69 Å². The fourth-order valence-corrected chi connectivity index (χ4v) is 3.82. The number of nitro groups is 1. The molecule has 3 rings (SSSR count). The zero-order valence-electron chi connectivity index (χ0n) is 16.9. The summed E-state index contributed by atoms with van der Waals surface area (Å²) in [7, 11) is 0. The molecule has 1 aromatic heterocycles. The van der Waals surface area contributed by atoms with E-state index in [0.29, 0.717) is 29.9 Å². The van der Waals surface area contributed by atoms with Crippen LogP contribution < -0.4 is 10.1 Å². The second-order valence-corrected chi connectivity index (χ2v) is 7.59. The molecule has 3 aromatic rings. The van der Waals surface area contributed by atoms with Gasteiger partial charge in [-0.2, -0.15) is 0 Å². The quantitative estimate of drug-likeness (QED) is 0.280. The van der Waals surface area contributed by atoms with Gasteiger partial charge in [-0.25, -0.2) is 0 Å². The number of ether oxygens (including phenoxy) is 1. The number of carbonyl (C=O) groups excluding carboxylic acids is 1. The minimum absolute atomic E-state index is 0.0320. The SMILES string of the molecule is CCOc1ccccc1-c1nnc(SCC(=O)Nc2cc([N+](=O)[O-])ccc2Cl)n1CC. The van der Waals surface area contributed by atoms with E-state index in [0.717, 1.165) is 5.56 Å². The van der Waals surface area contributed by atoms with Gasteiger partial charge in [0.1, 0.15) is 5.75 Å². The van der Waals surface area contributed by atoms with Crippen LogP contribution in [0.3, 0.4) is 0 Å². The predicted molar refractivity (Wildman–Crippen MR) is 120 cm³/mol. The van der Waals surface area contributed by atoms with Crippen LogP contribution in [0.2, 0.25) is 5.02 Å². The van der Waals surface area contributed by atoms with E-state index in [1.807, 2.05) is 42.7 Å². The number of halogens is 1. The number of hydrogen-bond donors (Lipinski definition) is 1. The van der Waals surface area contributed by atoms with Crippen molar-refractivity contribution in [1.82, 2.24) is 14.8 Å². The molecular weight excluding hydrogens is 442 g/mol. The highest BCUT2D eigenvalue weighted by Gasteiger charge is 2.18. The number of rotatable bonds is 9. The summed E-state index contributed by atoms with van der Waals surface area (Å²) in [6.07, 6.45) is 0. The van der Waals surface area contributed by atoms with Crippen molar-refractivity contribution in [2.45, 2.75) is 25.5 Å². The number of nitrogens with one attached hydrogen (secondary N) is 1. The van der Waals surface area contributed by atoms with Gasteiger partial charge >= 0.3 is 0 Å². The van der Waals surface area contributed by atoms with Gasteiger partial charge in [0.2, 0.25) is 5.91 Å². The average Bonchev–Trinajstić information content (AvgIpc) is 3.17. The Labute approximate surface area is 187 Å². The molecule has 0 fully saturated rings. The number of benzene rings is 2. The number of nitrogens with zero attached hydrogens (tertiary/aromatic N) is 4. The summed E-state index contributed by atoms with van der Waals surface area (Å²) in [5, 5.41) is 22.8. The zero-order chi connectivity index (χ0) is 22.4. The number of anilines is 1. The lowest BCUT2D eigenvalue weighted by Gasteiger charge is -2.11. The smallest absolute Gasteiger partial charge is 0.271 e. The molecular formula is C20H20ClN5O4S. The molecule has 2 aromatic carbocycles. The molecule has 0 unspecified atom stereocenters. The minimum Gasteiger partial charge on any atom is -0.493 e. The maximum absolute atomic E-state index is 12.4. The molecule has 162 valence electrons. The fraction of sp³-hybridized carbons (Fsp3) is 0.250. The normalized spacial score (nSPS) is 10.7. The van der Waals surface area contributed by atoms with Crippen LogP contribution in [-0.4, -0.2) is 38.0 Å². The summed E-state index contributed by atoms with van der Waals surface area (Å²) in [6, 6.07) is 11.4. The van der Waals surface area contributed by atoms with Crippen LogP contribution in [-0.2, 0) is 11.3 Å². The molecule has 0 aliphatic rings. The van der Waals surface area contributed by atoms with Crippen LogP contribution in [0.5, 0.6) is 5.75 Å². The van der Waals surface area contributed by atoms with Crippen molar-refractivity contribution < 1.29 is 14.5 Å². The van der Waals surface area contributed by atoms with Crippen LogP contribution in [0.15, 0.2) is 47.6 Å². The van der Waals surface area contributed by atoms with Crippen molar-refractivity contribution in [1.29, 1.82) is 0 Å². The van der Waals surface area contributed by atoms with Gasteiger partial charge in [0.05, 0.1) is 33.6 Å². The standard InChI is InChI=1S/C20H20ClN5O4S/c1-3-25-19(14-7-5-6-8-17(14)30-4-2)23-24-20(25)31-12-18(27)22-16-11-13(26(28)29)9-10-15(16)21/h5-11H,3-4,12H2,1-2H3,(H,22,27). The van der Waals surface area contributed by atoms with E-state index in [-0.39, 0.29) is 28.1 Å². The van der Waals surface area contributed by atoms with E-state index in [1.54, 1.807) is 0 Å². The first-order valence-electron chi connectivity index (χ1n) is 9.46. The van der Waals surface area contributed by atoms with E-state index < -0.39 is 4.92 Å². The van der Waals surface area contributed by atoms with E-state index in [9.17, 15) is 14.9 Å². The summed E-state index contributed by atoms with van der Waals surface area (Å²) < 4.78 is 7.59. The monoisotopic (exact) mass is 461 g/mol. The number of thioether (sulfide) groups is 1. The van der Waals surface area contributed by atoms with Crippen LogP contribution >= 0.6 is 23.4 Å². The average molecular weight is 462 g/mol.